The predicted molar refractivity (Wildman–Crippen MR) is 78.0 cm³/mol. The minimum atomic E-state index is -1.03. The van der Waals surface area contributed by atoms with Crippen molar-refractivity contribution in [2.75, 3.05) is 6.54 Å². The molecule has 0 atom stereocenters. The third kappa shape index (κ3) is 3.84. The van der Waals surface area contributed by atoms with Crippen LogP contribution in [0.5, 0.6) is 0 Å². The van der Waals surface area contributed by atoms with Crippen molar-refractivity contribution in [3.63, 3.8) is 0 Å². The molecule has 0 heterocycles. The molecule has 1 rings (SSSR count). The van der Waals surface area contributed by atoms with E-state index in [9.17, 15) is 9.59 Å². The Balaban J connectivity index is 3.09. The van der Waals surface area contributed by atoms with Crippen LogP contribution in [-0.2, 0) is 4.79 Å². The summed E-state index contributed by atoms with van der Waals surface area (Å²) >= 11 is 7.89. The van der Waals surface area contributed by atoms with Crippen molar-refractivity contribution < 1.29 is 14.7 Å². The number of carboxylic acids is 1. The van der Waals surface area contributed by atoms with Gasteiger partial charge in [0, 0.05) is 14.6 Å². The van der Waals surface area contributed by atoms with Gasteiger partial charge in [-0.1, -0.05) is 11.6 Å². The van der Waals surface area contributed by atoms with Gasteiger partial charge in [-0.05, 0) is 54.6 Å². The van der Waals surface area contributed by atoms with Gasteiger partial charge in [0.05, 0.1) is 5.56 Å². The molecule has 0 aliphatic carbocycles. The monoisotopic (exact) mass is 381 g/mol. The number of carbonyl (C=O) groups is 2. The Morgan fingerprint density at radius 2 is 2.06 bits per heavy atom. The number of rotatable bonds is 4. The number of halogens is 2. The first kappa shape index (κ1) is 15.2. The zero-order valence-corrected chi connectivity index (χ0v) is 12.9. The minimum absolute atomic E-state index is 0.191. The fourth-order valence-electron chi connectivity index (χ4n) is 1.45. The third-order valence-electron chi connectivity index (χ3n) is 2.35. The van der Waals surface area contributed by atoms with Gasteiger partial charge in [-0.15, -0.1) is 0 Å². The van der Waals surface area contributed by atoms with E-state index >= 15 is 0 Å². The van der Waals surface area contributed by atoms with Crippen molar-refractivity contribution in [1.29, 1.82) is 0 Å². The van der Waals surface area contributed by atoms with E-state index in [4.69, 9.17) is 16.7 Å². The molecule has 0 radical (unpaired) electrons. The average molecular weight is 382 g/mol. The van der Waals surface area contributed by atoms with Crippen molar-refractivity contribution in [3.05, 3.63) is 32.4 Å². The Morgan fingerprint density at radius 1 is 1.44 bits per heavy atom. The van der Waals surface area contributed by atoms with E-state index in [1.54, 1.807) is 32.0 Å². The summed E-state index contributed by atoms with van der Waals surface area (Å²) in [7, 11) is 0. The maximum absolute atomic E-state index is 12.3. The second-order valence-corrected chi connectivity index (χ2v) is 5.64. The highest BCUT2D eigenvalue weighted by molar-refractivity contribution is 14.1. The summed E-state index contributed by atoms with van der Waals surface area (Å²) in [6.45, 7) is 3.23. The summed E-state index contributed by atoms with van der Waals surface area (Å²) in [6, 6.07) is 4.79. The lowest BCUT2D eigenvalue weighted by molar-refractivity contribution is -0.138. The van der Waals surface area contributed by atoms with Crippen molar-refractivity contribution in [2.24, 2.45) is 0 Å². The van der Waals surface area contributed by atoms with E-state index in [0.29, 0.717) is 10.6 Å². The first-order chi connectivity index (χ1) is 8.32. The molecule has 6 heteroatoms. The molecule has 1 aromatic rings. The van der Waals surface area contributed by atoms with Gasteiger partial charge in [-0.2, -0.15) is 0 Å². The number of hydrogen-bond donors (Lipinski definition) is 1. The number of aliphatic carboxylic acids is 1. The predicted octanol–water partition coefficient (Wildman–Crippen LogP) is 2.88. The number of carboxylic acid groups (broad SMARTS) is 1. The van der Waals surface area contributed by atoms with Gasteiger partial charge in [0.2, 0.25) is 0 Å². The van der Waals surface area contributed by atoms with E-state index in [2.05, 4.69) is 0 Å². The van der Waals surface area contributed by atoms with Gasteiger partial charge < -0.3 is 10.0 Å². The fourth-order valence-corrected chi connectivity index (χ4v) is 2.19. The summed E-state index contributed by atoms with van der Waals surface area (Å²) < 4.78 is 0.748. The SMILES string of the molecule is CC(C)N(CC(=O)O)C(=O)c1cc(Cl)ccc1I. The number of nitrogens with zero attached hydrogens (tertiary/aromatic N) is 1. The Morgan fingerprint density at radius 3 is 2.56 bits per heavy atom. The molecule has 0 bridgehead atoms. The highest BCUT2D eigenvalue weighted by Crippen LogP contribution is 2.20. The van der Waals surface area contributed by atoms with Crippen LogP contribution in [0.4, 0.5) is 0 Å². The van der Waals surface area contributed by atoms with E-state index in [1.807, 2.05) is 22.6 Å². The molecule has 1 aromatic carbocycles. The van der Waals surface area contributed by atoms with Crippen LogP contribution in [0.2, 0.25) is 5.02 Å². The molecule has 1 N–H and O–H groups in total. The molecule has 18 heavy (non-hydrogen) atoms. The highest BCUT2D eigenvalue weighted by Gasteiger charge is 2.23. The Hall–Kier alpha value is -0.820. The van der Waals surface area contributed by atoms with Crippen LogP contribution in [0.1, 0.15) is 24.2 Å². The highest BCUT2D eigenvalue weighted by atomic mass is 127. The van der Waals surface area contributed by atoms with Crippen molar-refractivity contribution in [2.45, 2.75) is 19.9 Å². The molecule has 0 aliphatic rings. The summed E-state index contributed by atoms with van der Waals surface area (Å²) in [6.07, 6.45) is 0. The normalized spacial score (nSPS) is 10.5. The van der Waals surface area contributed by atoms with Gasteiger partial charge in [0.1, 0.15) is 6.54 Å². The lowest BCUT2D eigenvalue weighted by Crippen LogP contribution is -2.41. The van der Waals surface area contributed by atoms with Crippen LogP contribution in [-0.4, -0.2) is 34.5 Å². The number of amides is 1. The first-order valence-electron chi connectivity index (χ1n) is 5.30. The Labute approximate surface area is 124 Å². The molecular formula is C12H13ClINO3. The van der Waals surface area contributed by atoms with Gasteiger partial charge in [0.25, 0.3) is 5.91 Å². The lowest BCUT2D eigenvalue weighted by Gasteiger charge is -2.25. The van der Waals surface area contributed by atoms with E-state index < -0.39 is 5.97 Å². The van der Waals surface area contributed by atoms with Crippen molar-refractivity contribution in [3.8, 4) is 0 Å². The largest absolute Gasteiger partial charge is 0.480 e. The first-order valence-corrected chi connectivity index (χ1v) is 6.76. The van der Waals surface area contributed by atoms with Gasteiger partial charge in [-0.3, -0.25) is 9.59 Å². The molecular weight excluding hydrogens is 368 g/mol. The maximum Gasteiger partial charge on any atom is 0.323 e. The second-order valence-electron chi connectivity index (χ2n) is 4.04. The van der Waals surface area contributed by atoms with Crippen LogP contribution in [0.25, 0.3) is 0 Å². The van der Waals surface area contributed by atoms with Crippen molar-refractivity contribution >= 4 is 46.1 Å². The van der Waals surface area contributed by atoms with Crippen LogP contribution in [0.15, 0.2) is 18.2 Å². The fraction of sp³-hybridized carbons (Fsp3) is 0.333. The van der Waals surface area contributed by atoms with Gasteiger partial charge in [0.15, 0.2) is 0 Å². The van der Waals surface area contributed by atoms with Crippen LogP contribution < -0.4 is 0 Å². The third-order valence-corrected chi connectivity index (χ3v) is 3.52. The number of carbonyl (C=O) groups excluding carboxylic acids is 1. The maximum atomic E-state index is 12.3. The smallest absolute Gasteiger partial charge is 0.323 e. The topological polar surface area (TPSA) is 57.6 Å². The molecule has 0 fully saturated rings. The summed E-state index contributed by atoms with van der Waals surface area (Å²) in [5, 5.41) is 9.29. The molecule has 0 saturated carbocycles. The summed E-state index contributed by atoms with van der Waals surface area (Å²) in [5.74, 6) is -1.35. The van der Waals surface area contributed by atoms with E-state index in [-0.39, 0.29) is 18.5 Å². The van der Waals surface area contributed by atoms with Crippen LogP contribution in [0, 0.1) is 3.57 Å². The molecule has 0 saturated heterocycles. The Kier molecular flexibility index (Phi) is 5.40. The van der Waals surface area contributed by atoms with Gasteiger partial charge >= 0.3 is 5.97 Å². The van der Waals surface area contributed by atoms with Crippen molar-refractivity contribution in [1.82, 2.24) is 4.90 Å². The molecule has 98 valence electrons. The molecule has 0 aromatic heterocycles. The molecule has 0 spiro atoms. The second kappa shape index (κ2) is 6.38. The van der Waals surface area contributed by atoms with E-state index in [1.165, 1.54) is 4.90 Å². The standard InChI is InChI=1S/C12H13ClINO3/c1-7(2)15(6-11(16)17)12(18)9-5-8(13)3-4-10(9)14/h3-5,7H,6H2,1-2H3,(H,16,17). The quantitative estimate of drug-likeness (QED) is 0.816. The van der Waals surface area contributed by atoms with Crippen LogP contribution in [0.3, 0.4) is 0 Å². The summed E-state index contributed by atoms with van der Waals surface area (Å²) in [4.78, 5) is 24.4. The number of hydrogen-bond acceptors (Lipinski definition) is 2. The zero-order chi connectivity index (χ0) is 13.9. The molecule has 0 aliphatic heterocycles. The number of benzene rings is 1. The molecule has 4 nitrogen and oxygen atoms in total. The van der Waals surface area contributed by atoms with Crippen LogP contribution >= 0.6 is 34.2 Å². The Bertz CT molecular complexity index is 476. The van der Waals surface area contributed by atoms with Gasteiger partial charge in [-0.25, -0.2) is 0 Å². The van der Waals surface area contributed by atoms with E-state index in [0.717, 1.165) is 3.57 Å². The summed E-state index contributed by atoms with van der Waals surface area (Å²) in [5.41, 5.74) is 0.429. The average Bonchev–Trinajstić information content (AvgIpc) is 2.27. The zero-order valence-electron chi connectivity index (χ0n) is 9.98. The molecule has 0 unspecified atom stereocenters. The lowest BCUT2D eigenvalue weighted by atomic mass is 10.1. The minimum Gasteiger partial charge on any atom is -0.480 e. The molecule has 1 amide bonds.